The lowest BCUT2D eigenvalue weighted by molar-refractivity contribution is -0.208. The fourth-order valence-corrected chi connectivity index (χ4v) is 3.27. The Morgan fingerprint density at radius 3 is 2.52 bits per heavy atom. The molecule has 0 spiro atoms. The fourth-order valence-electron chi connectivity index (χ4n) is 3.02. The number of anilines is 1. The zero-order valence-electron chi connectivity index (χ0n) is 16.4. The summed E-state index contributed by atoms with van der Waals surface area (Å²) in [4.78, 5) is 23.4. The number of ether oxygens (including phenoxy) is 1. The van der Waals surface area contributed by atoms with E-state index in [0.29, 0.717) is 12.3 Å². The Morgan fingerprint density at radius 2 is 1.94 bits per heavy atom. The second-order valence-electron chi connectivity index (χ2n) is 7.11. The molecule has 33 heavy (non-hydrogen) atoms. The minimum atomic E-state index is -4.82. The molecule has 0 bridgehead atoms. The maximum Gasteiger partial charge on any atom is 0.425 e. The van der Waals surface area contributed by atoms with Crippen LogP contribution in [0.1, 0.15) is 35.1 Å². The van der Waals surface area contributed by atoms with Crippen molar-refractivity contribution in [2.75, 3.05) is 5.32 Å². The first-order valence-corrected chi connectivity index (χ1v) is 9.28. The van der Waals surface area contributed by atoms with Crippen molar-refractivity contribution in [2.24, 2.45) is 10.7 Å². The number of hydrogen-bond donors (Lipinski definition) is 2. The van der Waals surface area contributed by atoms with Gasteiger partial charge in [0.25, 0.3) is 11.9 Å². The van der Waals surface area contributed by atoms with E-state index in [0.717, 1.165) is 19.1 Å². The van der Waals surface area contributed by atoms with Gasteiger partial charge in [0.15, 0.2) is 6.10 Å². The highest BCUT2D eigenvalue weighted by molar-refractivity contribution is 6.34. The number of carbonyl (C=O) groups excluding carboxylic acids is 1. The third-order valence-corrected chi connectivity index (χ3v) is 4.84. The first kappa shape index (κ1) is 24.5. The number of rotatable bonds is 3. The standard InChI is InChI=1S/C18H13ClF7N5O2/c1-16(5-10(18(24,25)26)33-15(27)31-16)13-9(20)2-3-11(29-13)30-14(32)12-8(19)4-7(6-28-12)17(21,22)23/h2-4,6,10H,5H2,1H3,(H2,27,31)(H,29,30,32). The second kappa shape index (κ2) is 8.32. The van der Waals surface area contributed by atoms with Crippen molar-refractivity contribution in [1.82, 2.24) is 9.97 Å². The second-order valence-corrected chi connectivity index (χ2v) is 7.52. The summed E-state index contributed by atoms with van der Waals surface area (Å²) in [5.41, 5.74) is 1.09. The van der Waals surface area contributed by atoms with Gasteiger partial charge >= 0.3 is 12.4 Å². The van der Waals surface area contributed by atoms with Crippen molar-refractivity contribution < 1.29 is 40.3 Å². The van der Waals surface area contributed by atoms with Crippen LogP contribution in [0.5, 0.6) is 0 Å². The van der Waals surface area contributed by atoms with E-state index in [1.807, 2.05) is 0 Å². The Balaban J connectivity index is 1.91. The highest BCUT2D eigenvalue weighted by Crippen LogP contribution is 2.40. The van der Waals surface area contributed by atoms with Crippen LogP contribution in [0.2, 0.25) is 5.02 Å². The van der Waals surface area contributed by atoms with E-state index in [2.05, 4.69) is 25.0 Å². The molecule has 15 heteroatoms. The van der Waals surface area contributed by atoms with Gasteiger partial charge in [-0.25, -0.2) is 19.4 Å². The molecule has 178 valence electrons. The number of halogens is 8. The van der Waals surface area contributed by atoms with Gasteiger partial charge < -0.3 is 15.8 Å². The third-order valence-electron chi connectivity index (χ3n) is 4.55. The molecule has 2 atom stereocenters. The molecule has 1 aliphatic heterocycles. The number of nitrogens with zero attached hydrogens (tertiary/aromatic N) is 3. The number of amides is 1. The van der Waals surface area contributed by atoms with E-state index in [1.54, 1.807) is 0 Å². The minimum absolute atomic E-state index is 0.348. The molecule has 7 nitrogen and oxygen atoms in total. The van der Waals surface area contributed by atoms with Crippen LogP contribution in [-0.2, 0) is 16.5 Å². The summed E-state index contributed by atoms with van der Waals surface area (Å²) in [6, 6.07) is 1.45. The van der Waals surface area contributed by atoms with Gasteiger partial charge in [0, 0.05) is 12.6 Å². The Bertz CT molecular complexity index is 1120. The lowest BCUT2D eigenvalue weighted by Gasteiger charge is -2.35. The lowest BCUT2D eigenvalue weighted by atomic mass is 9.89. The van der Waals surface area contributed by atoms with Gasteiger partial charge in [-0.1, -0.05) is 11.6 Å². The molecule has 0 saturated carbocycles. The van der Waals surface area contributed by atoms with E-state index in [1.165, 1.54) is 0 Å². The maximum atomic E-state index is 14.5. The molecule has 0 saturated heterocycles. The molecule has 3 N–H and O–H groups in total. The van der Waals surface area contributed by atoms with E-state index < -0.39 is 70.1 Å². The van der Waals surface area contributed by atoms with Gasteiger partial charge in [-0.05, 0) is 25.1 Å². The average Bonchev–Trinajstić information content (AvgIpc) is 2.67. The third kappa shape index (κ3) is 5.26. The summed E-state index contributed by atoms with van der Waals surface area (Å²) in [5.74, 6) is -2.48. The molecule has 3 heterocycles. The van der Waals surface area contributed by atoms with Gasteiger partial charge in [-0.15, -0.1) is 0 Å². The van der Waals surface area contributed by atoms with Crippen LogP contribution < -0.4 is 11.1 Å². The SMILES string of the molecule is CC1(c2nc(NC(=O)c3ncc(C(F)(F)F)cc3Cl)ccc2F)CC(C(F)(F)F)OC(N)=N1. The molecule has 3 rings (SSSR count). The summed E-state index contributed by atoms with van der Waals surface area (Å²) in [6.07, 6.45) is -12.4. The summed E-state index contributed by atoms with van der Waals surface area (Å²) < 4.78 is 96.6. The monoisotopic (exact) mass is 499 g/mol. The van der Waals surface area contributed by atoms with Crippen molar-refractivity contribution in [3.63, 3.8) is 0 Å². The van der Waals surface area contributed by atoms with Crippen LogP contribution in [-0.4, -0.2) is 34.2 Å². The molecule has 2 unspecified atom stereocenters. The quantitative estimate of drug-likeness (QED) is 0.609. The molecule has 2 aromatic heterocycles. The van der Waals surface area contributed by atoms with Crippen molar-refractivity contribution >= 4 is 29.3 Å². The molecule has 0 aromatic carbocycles. The summed E-state index contributed by atoms with van der Waals surface area (Å²) >= 11 is 5.72. The van der Waals surface area contributed by atoms with Crippen molar-refractivity contribution in [3.05, 3.63) is 52.2 Å². The molecular weight excluding hydrogens is 487 g/mol. The number of carbonyl (C=O) groups is 1. The largest absolute Gasteiger partial charge is 0.452 e. The molecule has 0 radical (unpaired) electrons. The molecule has 1 aliphatic rings. The number of aliphatic imine (C=N–C) groups is 1. The van der Waals surface area contributed by atoms with Crippen LogP contribution in [0.25, 0.3) is 0 Å². The molecule has 0 aliphatic carbocycles. The van der Waals surface area contributed by atoms with Crippen LogP contribution in [0.3, 0.4) is 0 Å². The summed E-state index contributed by atoms with van der Waals surface area (Å²) in [7, 11) is 0. The number of amidine groups is 1. The molecule has 1 amide bonds. The number of alkyl halides is 6. The predicted octanol–water partition coefficient (Wildman–Crippen LogP) is 4.42. The average molecular weight is 500 g/mol. The van der Waals surface area contributed by atoms with Gasteiger partial charge in [0.2, 0.25) is 0 Å². The number of aromatic nitrogens is 2. The van der Waals surface area contributed by atoms with Crippen LogP contribution in [0, 0.1) is 5.82 Å². The van der Waals surface area contributed by atoms with Crippen molar-refractivity contribution in [3.8, 4) is 0 Å². The number of nitrogens with two attached hydrogens (primary N) is 1. The molecule has 0 fully saturated rings. The van der Waals surface area contributed by atoms with E-state index >= 15 is 0 Å². The minimum Gasteiger partial charge on any atom is -0.452 e. The lowest BCUT2D eigenvalue weighted by Crippen LogP contribution is -2.46. The number of hydrogen-bond acceptors (Lipinski definition) is 6. The topological polar surface area (TPSA) is 102 Å². The van der Waals surface area contributed by atoms with Gasteiger partial charge in [-0.3, -0.25) is 4.79 Å². The predicted molar refractivity (Wildman–Crippen MR) is 101 cm³/mol. The van der Waals surface area contributed by atoms with E-state index in [9.17, 15) is 35.5 Å². The van der Waals surface area contributed by atoms with Gasteiger partial charge in [0.1, 0.15) is 28.6 Å². The molecular formula is C18H13ClF7N5O2. The Labute approximate surface area is 185 Å². The zero-order chi connectivity index (χ0) is 24.8. The Morgan fingerprint density at radius 1 is 1.27 bits per heavy atom. The number of pyridine rings is 2. The first-order chi connectivity index (χ1) is 15.1. The van der Waals surface area contributed by atoms with Crippen molar-refractivity contribution in [2.45, 2.75) is 37.3 Å². The van der Waals surface area contributed by atoms with Crippen LogP contribution in [0.15, 0.2) is 29.4 Å². The summed E-state index contributed by atoms with van der Waals surface area (Å²) in [6.45, 7) is 1.15. The van der Waals surface area contributed by atoms with Gasteiger partial charge in [-0.2, -0.15) is 26.3 Å². The normalized spacial score (nSPS) is 21.2. The maximum absolute atomic E-state index is 14.5. The fraction of sp³-hybridized carbons (Fsp3) is 0.333. The Hall–Kier alpha value is -3.16. The Kier molecular flexibility index (Phi) is 6.17. The summed E-state index contributed by atoms with van der Waals surface area (Å²) in [5, 5.41) is 1.54. The molecule has 2 aromatic rings. The van der Waals surface area contributed by atoms with Crippen LogP contribution in [0.4, 0.5) is 36.6 Å². The van der Waals surface area contributed by atoms with Crippen LogP contribution >= 0.6 is 11.6 Å². The smallest absolute Gasteiger partial charge is 0.425 e. The van der Waals surface area contributed by atoms with E-state index in [-0.39, 0.29) is 5.82 Å². The zero-order valence-corrected chi connectivity index (χ0v) is 17.1. The first-order valence-electron chi connectivity index (χ1n) is 8.90. The highest BCUT2D eigenvalue weighted by Gasteiger charge is 2.50. The van der Waals surface area contributed by atoms with Crippen molar-refractivity contribution in [1.29, 1.82) is 0 Å². The highest BCUT2D eigenvalue weighted by atomic mass is 35.5. The van der Waals surface area contributed by atoms with E-state index in [4.69, 9.17) is 17.3 Å². The number of nitrogens with one attached hydrogen (secondary N) is 1. The van der Waals surface area contributed by atoms with Gasteiger partial charge in [0.05, 0.1) is 10.6 Å².